The fraction of sp³-hybridized carbons (Fsp3) is 0.385. The maximum absolute atomic E-state index is 12.0. The molecule has 3 nitrogen and oxygen atoms in total. The predicted octanol–water partition coefficient (Wildman–Crippen LogP) is 2.11. The number of likely N-dealkylation sites (N-methyl/N-ethyl adjacent to an activating group) is 1. The molecule has 0 aliphatic rings. The number of aldehydes is 1. The highest BCUT2D eigenvalue weighted by molar-refractivity contribution is 6.02. The fourth-order valence-electron chi connectivity index (χ4n) is 1.13. The van der Waals surface area contributed by atoms with Gasteiger partial charge in [-0.3, -0.25) is 9.59 Å². The van der Waals surface area contributed by atoms with Gasteiger partial charge < -0.3 is 4.90 Å². The average molecular weight is 221 g/mol. The van der Waals surface area contributed by atoms with Crippen molar-refractivity contribution in [2.45, 2.75) is 26.8 Å². The zero-order valence-electron chi connectivity index (χ0n) is 10.4. The predicted molar refractivity (Wildman–Crippen MR) is 66.0 cm³/mol. The molecule has 0 fully saturated rings. The lowest BCUT2D eigenvalue weighted by atomic mass is 10.1. The van der Waals surface area contributed by atoms with Crippen LogP contribution < -0.4 is 0 Å². The first-order chi connectivity index (χ1) is 7.49. The number of hydrogen-bond donors (Lipinski definition) is 0. The topological polar surface area (TPSA) is 37.4 Å². The molecular formula is C13H19NO2. The summed E-state index contributed by atoms with van der Waals surface area (Å²) in [7, 11) is 1.70. The second kappa shape index (κ2) is 6.77. The summed E-state index contributed by atoms with van der Waals surface area (Å²) in [6.07, 6.45) is 5.42. The minimum absolute atomic E-state index is 0.0842. The van der Waals surface area contributed by atoms with Gasteiger partial charge in [0.05, 0.1) is 0 Å². The summed E-state index contributed by atoms with van der Waals surface area (Å²) in [6, 6.07) is 0.0842. The molecular weight excluding hydrogens is 202 g/mol. The summed E-state index contributed by atoms with van der Waals surface area (Å²) >= 11 is 0. The monoisotopic (exact) mass is 221 g/mol. The maximum atomic E-state index is 12.0. The van der Waals surface area contributed by atoms with Gasteiger partial charge in [-0.1, -0.05) is 24.8 Å². The Morgan fingerprint density at radius 1 is 1.38 bits per heavy atom. The number of hydrogen-bond acceptors (Lipinski definition) is 2. The molecule has 0 aromatic heterocycles. The Morgan fingerprint density at radius 3 is 2.25 bits per heavy atom. The van der Waals surface area contributed by atoms with Crippen LogP contribution in [0.3, 0.4) is 0 Å². The Hall–Kier alpha value is -1.64. The Labute approximate surface area is 97.1 Å². The van der Waals surface area contributed by atoms with Crippen molar-refractivity contribution >= 4 is 12.2 Å². The molecule has 0 heterocycles. The molecule has 0 bridgehead atoms. The highest BCUT2D eigenvalue weighted by Gasteiger charge is 2.17. The highest BCUT2D eigenvalue weighted by Crippen LogP contribution is 2.11. The van der Waals surface area contributed by atoms with E-state index in [2.05, 4.69) is 6.58 Å². The van der Waals surface area contributed by atoms with E-state index in [1.807, 2.05) is 13.8 Å². The Kier molecular flexibility index (Phi) is 6.08. The van der Waals surface area contributed by atoms with E-state index >= 15 is 0 Å². The lowest BCUT2D eigenvalue weighted by Crippen LogP contribution is -2.34. The molecule has 0 unspecified atom stereocenters. The Balaban J connectivity index is 5.34. The van der Waals surface area contributed by atoms with Gasteiger partial charge in [0.25, 0.3) is 5.91 Å². The first-order valence-electron chi connectivity index (χ1n) is 5.21. The molecule has 1 amide bonds. The quantitative estimate of drug-likeness (QED) is 0.405. The van der Waals surface area contributed by atoms with E-state index in [0.29, 0.717) is 17.4 Å². The molecule has 0 atom stereocenters. The number of allylic oxidation sites excluding steroid dienone is 3. The third-order valence-corrected chi connectivity index (χ3v) is 2.31. The van der Waals surface area contributed by atoms with Crippen LogP contribution in [0.5, 0.6) is 0 Å². The van der Waals surface area contributed by atoms with E-state index in [1.54, 1.807) is 31.0 Å². The average Bonchev–Trinajstić information content (AvgIpc) is 2.27. The number of rotatable bonds is 5. The normalized spacial score (nSPS) is 12.6. The molecule has 0 spiro atoms. The van der Waals surface area contributed by atoms with Gasteiger partial charge in [0.15, 0.2) is 6.29 Å². The van der Waals surface area contributed by atoms with Crippen molar-refractivity contribution in [2.75, 3.05) is 7.05 Å². The zero-order chi connectivity index (χ0) is 12.7. The molecule has 0 saturated heterocycles. The molecule has 88 valence electrons. The standard InChI is InChI=1S/C13H19NO2/c1-6-8-11(9-15)12(7-2)13(16)14(5)10(3)4/h6-10H,2H2,1,3-5H3/b8-6-,12-11-. The van der Waals surface area contributed by atoms with E-state index in [4.69, 9.17) is 0 Å². The minimum Gasteiger partial charge on any atom is -0.339 e. The van der Waals surface area contributed by atoms with Crippen molar-refractivity contribution < 1.29 is 9.59 Å². The van der Waals surface area contributed by atoms with E-state index < -0.39 is 0 Å². The SMILES string of the molecule is C=C/C(C(=O)N(C)C(C)C)=C(C=O)\C=C/C. The summed E-state index contributed by atoms with van der Waals surface area (Å²) in [6.45, 7) is 9.19. The summed E-state index contributed by atoms with van der Waals surface area (Å²) in [5, 5.41) is 0. The van der Waals surface area contributed by atoms with Crippen molar-refractivity contribution in [3.8, 4) is 0 Å². The minimum atomic E-state index is -0.190. The fourth-order valence-corrected chi connectivity index (χ4v) is 1.13. The maximum Gasteiger partial charge on any atom is 0.254 e. The van der Waals surface area contributed by atoms with E-state index in [1.165, 1.54) is 6.08 Å². The van der Waals surface area contributed by atoms with Gasteiger partial charge in [0.2, 0.25) is 0 Å². The van der Waals surface area contributed by atoms with Crippen molar-refractivity contribution in [3.63, 3.8) is 0 Å². The molecule has 0 aliphatic heterocycles. The van der Waals surface area contributed by atoms with E-state index in [9.17, 15) is 9.59 Å². The van der Waals surface area contributed by atoms with Crippen LogP contribution in [0.25, 0.3) is 0 Å². The molecule has 0 aromatic rings. The first-order valence-corrected chi connectivity index (χ1v) is 5.21. The van der Waals surface area contributed by atoms with Gasteiger partial charge in [-0.05, 0) is 20.8 Å². The number of carbonyl (C=O) groups is 2. The van der Waals surface area contributed by atoms with Gasteiger partial charge in [-0.25, -0.2) is 0 Å². The summed E-state index contributed by atoms with van der Waals surface area (Å²) < 4.78 is 0. The van der Waals surface area contributed by atoms with Crippen LogP contribution in [0, 0.1) is 0 Å². The largest absolute Gasteiger partial charge is 0.339 e. The van der Waals surface area contributed by atoms with Crippen molar-refractivity contribution in [3.05, 3.63) is 36.0 Å². The van der Waals surface area contributed by atoms with Crippen LogP contribution in [-0.4, -0.2) is 30.2 Å². The lowest BCUT2D eigenvalue weighted by Gasteiger charge is -2.22. The Morgan fingerprint density at radius 2 is 1.94 bits per heavy atom. The van der Waals surface area contributed by atoms with Crippen molar-refractivity contribution in [1.29, 1.82) is 0 Å². The first kappa shape index (κ1) is 14.4. The van der Waals surface area contributed by atoms with Gasteiger partial charge in [0, 0.05) is 24.2 Å². The van der Waals surface area contributed by atoms with E-state index in [-0.39, 0.29) is 11.9 Å². The van der Waals surface area contributed by atoms with Gasteiger partial charge in [-0.15, -0.1) is 0 Å². The second-order valence-corrected chi connectivity index (χ2v) is 3.70. The molecule has 0 radical (unpaired) electrons. The Bertz CT molecular complexity index is 338. The number of nitrogens with zero attached hydrogens (tertiary/aromatic N) is 1. The van der Waals surface area contributed by atoms with Crippen LogP contribution in [0.2, 0.25) is 0 Å². The van der Waals surface area contributed by atoms with Crippen LogP contribution in [0.4, 0.5) is 0 Å². The molecule has 0 saturated carbocycles. The van der Waals surface area contributed by atoms with Crippen LogP contribution >= 0.6 is 0 Å². The molecule has 0 rings (SSSR count). The highest BCUT2D eigenvalue weighted by atomic mass is 16.2. The van der Waals surface area contributed by atoms with E-state index in [0.717, 1.165) is 0 Å². The second-order valence-electron chi connectivity index (χ2n) is 3.70. The van der Waals surface area contributed by atoms with Crippen molar-refractivity contribution in [1.82, 2.24) is 4.90 Å². The van der Waals surface area contributed by atoms with Crippen LogP contribution in [-0.2, 0) is 9.59 Å². The summed E-state index contributed by atoms with van der Waals surface area (Å²) in [5.74, 6) is -0.190. The van der Waals surface area contributed by atoms with Gasteiger partial charge in [0.1, 0.15) is 0 Å². The molecule has 0 aliphatic carbocycles. The number of amides is 1. The summed E-state index contributed by atoms with van der Waals surface area (Å²) in [4.78, 5) is 24.4. The van der Waals surface area contributed by atoms with Crippen LogP contribution in [0.1, 0.15) is 20.8 Å². The molecule has 3 heteroatoms. The van der Waals surface area contributed by atoms with Crippen LogP contribution in [0.15, 0.2) is 36.0 Å². The third-order valence-electron chi connectivity index (χ3n) is 2.31. The van der Waals surface area contributed by atoms with Crippen molar-refractivity contribution in [2.24, 2.45) is 0 Å². The van der Waals surface area contributed by atoms with Gasteiger partial charge in [-0.2, -0.15) is 0 Å². The third kappa shape index (κ3) is 3.50. The zero-order valence-corrected chi connectivity index (χ0v) is 10.4. The number of carbonyl (C=O) groups excluding carboxylic acids is 2. The van der Waals surface area contributed by atoms with Gasteiger partial charge >= 0.3 is 0 Å². The molecule has 16 heavy (non-hydrogen) atoms. The molecule has 0 N–H and O–H groups in total. The smallest absolute Gasteiger partial charge is 0.254 e. The lowest BCUT2D eigenvalue weighted by molar-refractivity contribution is -0.127. The molecule has 0 aromatic carbocycles. The summed E-state index contributed by atoms with van der Waals surface area (Å²) in [5.41, 5.74) is 0.694.